The summed E-state index contributed by atoms with van der Waals surface area (Å²) in [6.07, 6.45) is 5.91. The number of likely N-dealkylation sites (tertiary alicyclic amines) is 1. The molecule has 146 valence electrons. The average molecular weight is 415 g/mol. The maximum Gasteiger partial charge on any atom is 0.254 e. The highest BCUT2D eigenvalue weighted by atomic mass is 35.5. The lowest BCUT2D eigenvalue weighted by Crippen LogP contribution is -2.37. The third-order valence-electron chi connectivity index (χ3n) is 6.56. The van der Waals surface area contributed by atoms with Crippen LogP contribution in [0.15, 0.2) is 36.4 Å². The monoisotopic (exact) mass is 414 g/mol. The van der Waals surface area contributed by atoms with Crippen LogP contribution in [0.3, 0.4) is 0 Å². The van der Waals surface area contributed by atoms with Crippen LogP contribution in [-0.4, -0.2) is 30.4 Å². The van der Waals surface area contributed by atoms with Gasteiger partial charge in [-0.3, -0.25) is 4.79 Å². The minimum absolute atomic E-state index is 0.0316. The molecule has 0 N–H and O–H groups in total. The van der Waals surface area contributed by atoms with Crippen LogP contribution in [0.5, 0.6) is 0 Å². The van der Waals surface area contributed by atoms with E-state index in [-0.39, 0.29) is 11.9 Å². The van der Waals surface area contributed by atoms with E-state index >= 15 is 0 Å². The standard InChI is InChI=1S/C23H24Cl2N2O/c24-17-10-16(11-18(25)13-17)23(28)27-9-6-15-12-22(27)21-14-19(4-5-20(15)21)26-7-2-1-3-8-26/h4-5,10-11,13-15,22H,1-3,6-9,12H2/t15-,22?/m1/s1. The Labute approximate surface area is 176 Å². The molecule has 1 unspecified atom stereocenters. The lowest BCUT2D eigenvalue weighted by atomic mass is 9.95. The Bertz CT molecular complexity index is 903. The molecule has 2 saturated heterocycles. The Balaban J connectivity index is 1.47. The average Bonchev–Trinajstić information content (AvgIpc) is 2.99. The van der Waals surface area contributed by atoms with E-state index in [0.29, 0.717) is 21.5 Å². The van der Waals surface area contributed by atoms with Crippen molar-refractivity contribution in [1.29, 1.82) is 0 Å². The molecule has 0 saturated carbocycles. The van der Waals surface area contributed by atoms with Gasteiger partial charge >= 0.3 is 0 Å². The van der Waals surface area contributed by atoms with Crippen molar-refractivity contribution in [2.75, 3.05) is 24.5 Å². The lowest BCUT2D eigenvalue weighted by Gasteiger charge is -2.34. The molecule has 1 aliphatic carbocycles. The first kappa shape index (κ1) is 18.3. The number of carbonyl (C=O) groups is 1. The zero-order valence-electron chi connectivity index (χ0n) is 15.8. The van der Waals surface area contributed by atoms with Gasteiger partial charge in [0.05, 0.1) is 6.04 Å². The van der Waals surface area contributed by atoms with Gasteiger partial charge < -0.3 is 9.80 Å². The Morgan fingerprint density at radius 3 is 2.39 bits per heavy atom. The summed E-state index contributed by atoms with van der Waals surface area (Å²) in [7, 11) is 0. The third kappa shape index (κ3) is 3.19. The molecule has 2 bridgehead atoms. The van der Waals surface area contributed by atoms with E-state index in [9.17, 15) is 4.79 Å². The van der Waals surface area contributed by atoms with Crippen molar-refractivity contribution in [3.8, 4) is 0 Å². The molecule has 28 heavy (non-hydrogen) atoms. The molecular formula is C23H24Cl2N2O. The molecule has 5 heteroatoms. The van der Waals surface area contributed by atoms with Gasteiger partial charge in [0.15, 0.2) is 0 Å². The van der Waals surface area contributed by atoms with Crippen LogP contribution >= 0.6 is 23.2 Å². The molecule has 0 aromatic heterocycles. The molecule has 0 radical (unpaired) electrons. The maximum atomic E-state index is 13.3. The molecule has 3 aliphatic rings. The summed E-state index contributed by atoms with van der Waals surface area (Å²) in [4.78, 5) is 17.8. The number of piperidine rings is 2. The molecule has 2 fully saturated rings. The van der Waals surface area contributed by atoms with Gasteiger partial charge in [0.2, 0.25) is 0 Å². The summed E-state index contributed by atoms with van der Waals surface area (Å²) in [6.45, 7) is 3.05. The van der Waals surface area contributed by atoms with Gasteiger partial charge in [-0.15, -0.1) is 0 Å². The van der Waals surface area contributed by atoms with Crippen molar-refractivity contribution in [3.63, 3.8) is 0 Å². The van der Waals surface area contributed by atoms with Crippen LogP contribution in [0.4, 0.5) is 5.69 Å². The molecule has 5 rings (SSSR count). The van der Waals surface area contributed by atoms with Crippen molar-refractivity contribution in [3.05, 3.63) is 63.1 Å². The van der Waals surface area contributed by atoms with Gasteiger partial charge in [0.25, 0.3) is 5.91 Å². The zero-order valence-corrected chi connectivity index (χ0v) is 17.3. The number of amides is 1. The quantitative estimate of drug-likeness (QED) is 0.596. The normalized spacial score (nSPS) is 23.6. The Morgan fingerprint density at radius 1 is 0.893 bits per heavy atom. The molecule has 2 aliphatic heterocycles. The van der Waals surface area contributed by atoms with Crippen LogP contribution in [0, 0.1) is 0 Å². The molecule has 1 amide bonds. The van der Waals surface area contributed by atoms with E-state index in [0.717, 1.165) is 32.5 Å². The first-order valence-corrected chi connectivity index (χ1v) is 11.0. The Morgan fingerprint density at radius 2 is 1.64 bits per heavy atom. The molecule has 3 nitrogen and oxygen atoms in total. The van der Waals surface area contributed by atoms with Gasteiger partial charge in [0, 0.05) is 40.9 Å². The molecule has 2 aromatic carbocycles. The van der Waals surface area contributed by atoms with Crippen LogP contribution in [0.1, 0.15) is 65.5 Å². The number of benzene rings is 2. The summed E-state index contributed by atoms with van der Waals surface area (Å²) in [5.41, 5.74) is 4.66. The van der Waals surface area contributed by atoms with Crippen LogP contribution < -0.4 is 4.90 Å². The number of fused-ring (bicyclic) bond motifs is 5. The second kappa shape index (κ2) is 7.27. The highest BCUT2D eigenvalue weighted by molar-refractivity contribution is 6.35. The number of anilines is 1. The summed E-state index contributed by atoms with van der Waals surface area (Å²) >= 11 is 12.3. The molecular weight excluding hydrogens is 391 g/mol. The van der Waals surface area contributed by atoms with Crippen molar-refractivity contribution < 1.29 is 4.79 Å². The number of hydrogen-bond acceptors (Lipinski definition) is 2. The highest BCUT2D eigenvalue weighted by Gasteiger charge is 2.41. The Hall–Kier alpha value is -1.71. The van der Waals surface area contributed by atoms with Gasteiger partial charge in [-0.2, -0.15) is 0 Å². The predicted molar refractivity (Wildman–Crippen MR) is 115 cm³/mol. The van der Waals surface area contributed by atoms with E-state index in [1.807, 2.05) is 4.90 Å². The largest absolute Gasteiger partial charge is 0.372 e. The fourth-order valence-corrected chi connectivity index (χ4v) is 5.73. The summed E-state index contributed by atoms with van der Waals surface area (Å²) in [5.74, 6) is 0.603. The topological polar surface area (TPSA) is 23.6 Å². The SMILES string of the molecule is O=C(c1cc(Cl)cc(Cl)c1)N1CC[C@@H]2CC1c1cc(N3CCCCC3)ccc12. The van der Waals surface area contributed by atoms with E-state index in [1.54, 1.807) is 18.2 Å². The van der Waals surface area contributed by atoms with Crippen LogP contribution in [0.2, 0.25) is 10.0 Å². The number of rotatable bonds is 2. The smallest absolute Gasteiger partial charge is 0.254 e. The van der Waals surface area contributed by atoms with Crippen LogP contribution in [0.25, 0.3) is 0 Å². The second-order valence-electron chi connectivity index (χ2n) is 8.25. The fraction of sp³-hybridized carbons (Fsp3) is 0.435. The maximum absolute atomic E-state index is 13.3. The molecule has 2 heterocycles. The number of nitrogens with zero attached hydrogens (tertiary/aromatic N) is 2. The van der Waals surface area contributed by atoms with Crippen molar-refractivity contribution in [2.24, 2.45) is 0 Å². The first-order valence-electron chi connectivity index (χ1n) is 10.3. The first-order chi connectivity index (χ1) is 13.6. The highest BCUT2D eigenvalue weighted by Crippen LogP contribution is 2.50. The van der Waals surface area contributed by atoms with Gasteiger partial charge in [-0.1, -0.05) is 29.3 Å². The number of hydrogen-bond donors (Lipinski definition) is 0. The summed E-state index contributed by atoms with van der Waals surface area (Å²) < 4.78 is 0. The molecule has 0 spiro atoms. The number of halogens is 2. The van der Waals surface area contributed by atoms with E-state index < -0.39 is 0 Å². The van der Waals surface area contributed by atoms with E-state index in [1.165, 1.54) is 36.1 Å². The van der Waals surface area contributed by atoms with Crippen molar-refractivity contribution >= 4 is 34.8 Å². The molecule has 2 aromatic rings. The van der Waals surface area contributed by atoms with E-state index in [4.69, 9.17) is 23.2 Å². The predicted octanol–water partition coefficient (Wildman–Crippen LogP) is 6.06. The van der Waals surface area contributed by atoms with Crippen molar-refractivity contribution in [2.45, 2.75) is 44.1 Å². The minimum Gasteiger partial charge on any atom is -0.372 e. The van der Waals surface area contributed by atoms with Gasteiger partial charge in [0.1, 0.15) is 0 Å². The van der Waals surface area contributed by atoms with Crippen LogP contribution in [-0.2, 0) is 0 Å². The van der Waals surface area contributed by atoms with Crippen molar-refractivity contribution in [1.82, 2.24) is 4.90 Å². The minimum atomic E-state index is 0.0316. The summed E-state index contributed by atoms with van der Waals surface area (Å²) in [6, 6.07) is 12.2. The Kier molecular flexibility index (Phi) is 4.76. The summed E-state index contributed by atoms with van der Waals surface area (Å²) in [5, 5.41) is 1.01. The zero-order chi connectivity index (χ0) is 19.3. The number of carbonyl (C=O) groups excluding carboxylic acids is 1. The fourth-order valence-electron chi connectivity index (χ4n) is 5.20. The van der Waals surface area contributed by atoms with Gasteiger partial charge in [-0.25, -0.2) is 0 Å². The molecule has 2 atom stereocenters. The van der Waals surface area contributed by atoms with E-state index in [2.05, 4.69) is 23.1 Å². The third-order valence-corrected chi connectivity index (χ3v) is 7.00. The van der Waals surface area contributed by atoms with Gasteiger partial charge in [-0.05, 0) is 79.5 Å². The lowest BCUT2D eigenvalue weighted by molar-refractivity contribution is 0.0620. The second-order valence-corrected chi connectivity index (χ2v) is 9.13.